The minimum absolute atomic E-state index is 0.0291. The van der Waals surface area contributed by atoms with Crippen molar-refractivity contribution in [3.63, 3.8) is 0 Å². The van der Waals surface area contributed by atoms with Crippen molar-refractivity contribution >= 4 is 39.6 Å². The molecule has 1 aliphatic rings. The third-order valence-electron chi connectivity index (χ3n) is 5.57. The summed E-state index contributed by atoms with van der Waals surface area (Å²) in [6.45, 7) is 6.43. The number of aryl methyl sites for hydroxylation is 4. The predicted molar refractivity (Wildman–Crippen MR) is 124 cm³/mol. The Kier molecular flexibility index (Phi) is 5.95. The SMILES string of the molecule is CCC1CSC(=Nc2ccc(C)cc2C)N1C(=O)CCn1cnc2c(cnn2C)c1=O. The van der Waals surface area contributed by atoms with Crippen molar-refractivity contribution in [3.8, 4) is 0 Å². The summed E-state index contributed by atoms with van der Waals surface area (Å²) in [6.07, 6.45) is 4.06. The van der Waals surface area contributed by atoms with Gasteiger partial charge in [0, 0.05) is 31.8 Å². The fourth-order valence-corrected chi connectivity index (χ4v) is 5.04. The van der Waals surface area contributed by atoms with Crippen LogP contribution in [-0.4, -0.2) is 47.1 Å². The fraction of sp³-hybridized carbons (Fsp3) is 0.409. The smallest absolute Gasteiger partial charge is 0.264 e. The summed E-state index contributed by atoms with van der Waals surface area (Å²) in [7, 11) is 1.75. The minimum Gasteiger partial charge on any atom is -0.298 e. The Morgan fingerprint density at radius 2 is 2.13 bits per heavy atom. The van der Waals surface area contributed by atoms with Crippen LogP contribution in [0.25, 0.3) is 11.0 Å². The van der Waals surface area contributed by atoms with Crippen LogP contribution in [0.2, 0.25) is 0 Å². The second-order valence-electron chi connectivity index (χ2n) is 7.82. The number of carbonyl (C=O) groups excluding carboxylic acids is 1. The topological polar surface area (TPSA) is 85.4 Å². The van der Waals surface area contributed by atoms with Gasteiger partial charge in [-0.15, -0.1) is 0 Å². The lowest BCUT2D eigenvalue weighted by Gasteiger charge is -2.23. The van der Waals surface area contributed by atoms with Gasteiger partial charge >= 0.3 is 0 Å². The van der Waals surface area contributed by atoms with Crippen LogP contribution in [0, 0.1) is 13.8 Å². The molecule has 1 aliphatic heterocycles. The van der Waals surface area contributed by atoms with E-state index in [0.717, 1.165) is 28.6 Å². The van der Waals surface area contributed by atoms with Crippen molar-refractivity contribution in [3.05, 3.63) is 52.2 Å². The molecule has 0 bridgehead atoms. The summed E-state index contributed by atoms with van der Waals surface area (Å²) in [4.78, 5) is 36.8. The van der Waals surface area contributed by atoms with Crippen LogP contribution < -0.4 is 5.56 Å². The van der Waals surface area contributed by atoms with Gasteiger partial charge in [-0.2, -0.15) is 5.10 Å². The quantitative estimate of drug-likeness (QED) is 0.611. The van der Waals surface area contributed by atoms with Gasteiger partial charge in [0.15, 0.2) is 10.8 Å². The number of aromatic nitrogens is 4. The van der Waals surface area contributed by atoms with Crippen molar-refractivity contribution < 1.29 is 4.79 Å². The Bertz CT molecular complexity index is 1230. The Morgan fingerprint density at radius 3 is 2.87 bits per heavy atom. The molecule has 31 heavy (non-hydrogen) atoms. The number of fused-ring (bicyclic) bond motifs is 1. The lowest BCUT2D eigenvalue weighted by Crippen LogP contribution is -2.39. The summed E-state index contributed by atoms with van der Waals surface area (Å²) in [5.41, 5.74) is 3.51. The first-order valence-corrected chi connectivity index (χ1v) is 11.4. The highest BCUT2D eigenvalue weighted by Crippen LogP contribution is 2.30. The van der Waals surface area contributed by atoms with E-state index in [1.165, 1.54) is 22.7 Å². The third kappa shape index (κ3) is 4.14. The van der Waals surface area contributed by atoms with E-state index in [0.29, 0.717) is 11.0 Å². The van der Waals surface area contributed by atoms with E-state index in [1.54, 1.807) is 23.5 Å². The Labute approximate surface area is 185 Å². The largest absolute Gasteiger partial charge is 0.298 e. The molecular formula is C22H26N6O2S. The van der Waals surface area contributed by atoms with Crippen LogP contribution in [-0.2, 0) is 18.4 Å². The van der Waals surface area contributed by atoms with E-state index in [4.69, 9.17) is 4.99 Å². The highest BCUT2D eigenvalue weighted by atomic mass is 32.2. The lowest BCUT2D eigenvalue weighted by atomic mass is 10.1. The number of benzene rings is 1. The second kappa shape index (κ2) is 8.66. The second-order valence-corrected chi connectivity index (χ2v) is 8.81. The molecule has 0 saturated carbocycles. The van der Waals surface area contributed by atoms with Gasteiger partial charge in [0.05, 0.1) is 18.2 Å². The number of hydrogen-bond acceptors (Lipinski definition) is 6. The minimum atomic E-state index is -0.182. The van der Waals surface area contributed by atoms with Gasteiger partial charge in [-0.3, -0.25) is 23.7 Å². The first-order valence-electron chi connectivity index (χ1n) is 10.4. The van der Waals surface area contributed by atoms with E-state index in [1.807, 2.05) is 24.0 Å². The van der Waals surface area contributed by atoms with Crippen LogP contribution in [0.3, 0.4) is 0 Å². The normalized spacial score (nSPS) is 17.7. The standard InChI is InChI=1S/C22H26N6O2S/c1-5-16-12-31-22(25-18-7-6-14(2)10-15(18)3)28(16)19(29)8-9-27-13-23-20-17(21(27)30)11-24-26(20)4/h6-7,10-11,13,16H,5,8-9,12H2,1-4H3. The number of amidine groups is 1. The molecule has 1 unspecified atom stereocenters. The third-order valence-corrected chi connectivity index (χ3v) is 6.67. The molecule has 0 aliphatic carbocycles. The lowest BCUT2D eigenvalue weighted by molar-refractivity contribution is -0.128. The zero-order chi connectivity index (χ0) is 22.1. The molecule has 162 valence electrons. The summed E-state index contributed by atoms with van der Waals surface area (Å²) < 4.78 is 3.04. The molecule has 1 saturated heterocycles. The fourth-order valence-electron chi connectivity index (χ4n) is 3.76. The van der Waals surface area contributed by atoms with Crippen LogP contribution >= 0.6 is 11.8 Å². The molecule has 4 rings (SSSR count). The number of hydrogen-bond donors (Lipinski definition) is 0. The molecule has 3 heterocycles. The number of amides is 1. The molecule has 1 aromatic carbocycles. The molecule has 1 atom stereocenters. The summed E-state index contributed by atoms with van der Waals surface area (Å²) >= 11 is 1.61. The first-order chi connectivity index (χ1) is 14.9. The Morgan fingerprint density at radius 1 is 1.32 bits per heavy atom. The van der Waals surface area contributed by atoms with Crippen LogP contribution in [0.4, 0.5) is 5.69 Å². The van der Waals surface area contributed by atoms with E-state index in [9.17, 15) is 9.59 Å². The van der Waals surface area contributed by atoms with Gasteiger partial charge in [0.2, 0.25) is 5.91 Å². The van der Waals surface area contributed by atoms with Gasteiger partial charge in [0.25, 0.3) is 5.56 Å². The zero-order valence-electron chi connectivity index (χ0n) is 18.2. The van der Waals surface area contributed by atoms with Gasteiger partial charge in [-0.1, -0.05) is 36.4 Å². The molecule has 8 nitrogen and oxygen atoms in total. The summed E-state index contributed by atoms with van der Waals surface area (Å²) in [6, 6.07) is 6.23. The maximum Gasteiger partial charge on any atom is 0.264 e. The number of nitrogens with zero attached hydrogens (tertiary/aromatic N) is 6. The Balaban J connectivity index is 1.56. The molecule has 9 heteroatoms. The van der Waals surface area contributed by atoms with Crippen LogP contribution in [0.5, 0.6) is 0 Å². The number of thioether (sulfide) groups is 1. The van der Waals surface area contributed by atoms with Gasteiger partial charge in [0.1, 0.15) is 5.39 Å². The average molecular weight is 439 g/mol. The predicted octanol–water partition coefficient (Wildman–Crippen LogP) is 3.18. The van der Waals surface area contributed by atoms with E-state index in [2.05, 4.69) is 30.0 Å². The van der Waals surface area contributed by atoms with Crippen LogP contribution in [0.15, 0.2) is 40.5 Å². The van der Waals surface area contributed by atoms with Crippen molar-refractivity contribution in [2.45, 2.75) is 46.2 Å². The number of aliphatic imine (C=N–C) groups is 1. The van der Waals surface area contributed by atoms with Crippen LogP contribution in [0.1, 0.15) is 30.9 Å². The van der Waals surface area contributed by atoms with Crippen molar-refractivity contribution in [2.75, 3.05) is 5.75 Å². The average Bonchev–Trinajstić information content (AvgIpc) is 3.33. The molecular weight excluding hydrogens is 412 g/mol. The molecule has 0 radical (unpaired) electrons. The monoisotopic (exact) mass is 438 g/mol. The number of carbonyl (C=O) groups is 1. The molecule has 0 spiro atoms. The van der Waals surface area contributed by atoms with Gasteiger partial charge in [-0.05, 0) is 31.9 Å². The highest BCUT2D eigenvalue weighted by molar-refractivity contribution is 8.14. The van der Waals surface area contributed by atoms with E-state index in [-0.39, 0.29) is 30.5 Å². The van der Waals surface area contributed by atoms with Gasteiger partial charge in [-0.25, -0.2) is 9.98 Å². The maximum absolute atomic E-state index is 13.2. The maximum atomic E-state index is 13.2. The first kappa shape index (κ1) is 21.3. The van der Waals surface area contributed by atoms with E-state index < -0.39 is 0 Å². The zero-order valence-corrected chi connectivity index (χ0v) is 19.0. The van der Waals surface area contributed by atoms with Crippen molar-refractivity contribution in [2.24, 2.45) is 12.0 Å². The summed E-state index contributed by atoms with van der Waals surface area (Å²) in [5.74, 6) is 0.799. The Hall–Kier alpha value is -2.94. The van der Waals surface area contributed by atoms with E-state index >= 15 is 0 Å². The van der Waals surface area contributed by atoms with Crippen molar-refractivity contribution in [1.82, 2.24) is 24.2 Å². The number of rotatable bonds is 5. The molecule has 0 N–H and O–H groups in total. The summed E-state index contributed by atoms with van der Waals surface area (Å²) in [5, 5.41) is 5.28. The molecule has 2 aromatic heterocycles. The highest BCUT2D eigenvalue weighted by Gasteiger charge is 2.33. The molecule has 3 aromatic rings. The molecule has 1 amide bonds. The molecule has 1 fully saturated rings. The van der Waals surface area contributed by atoms with Gasteiger partial charge < -0.3 is 0 Å². The van der Waals surface area contributed by atoms with Crippen molar-refractivity contribution in [1.29, 1.82) is 0 Å².